The number of carboxylic acid groups (broad SMARTS) is 1. The number of carboxylic acids is 1. The molecule has 0 unspecified atom stereocenters. The SMILES string of the molecule is O=C(O)CNC(=O)c1c(O)c2c(n(Cc3cccnc3)c1=O)COC2. The molecule has 3 heterocycles. The van der Waals surface area contributed by atoms with E-state index < -0.39 is 35.3 Å². The van der Waals surface area contributed by atoms with Gasteiger partial charge in [-0.25, -0.2) is 0 Å². The Labute approximate surface area is 141 Å². The van der Waals surface area contributed by atoms with Crippen molar-refractivity contribution in [2.75, 3.05) is 6.54 Å². The summed E-state index contributed by atoms with van der Waals surface area (Å²) >= 11 is 0. The molecule has 9 heteroatoms. The molecular weight excluding hydrogens is 330 g/mol. The average molecular weight is 345 g/mol. The lowest BCUT2D eigenvalue weighted by molar-refractivity contribution is -0.135. The third-order valence-corrected chi connectivity index (χ3v) is 3.83. The topological polar surface area (TPSA) is 131 Å². The van der Waals surface area contributed by atoms with Gasteiger partial charge in [0, 0.05) is 18.0 Å². The van der Waals surface area contributed by atoms with Crippen LogP contribution >= 0.6 is 0 Å². The molecule has 1 amide bonds. The number of hydrogen-bond donors (Lipinski definition) is 3. The Bertz CT molecular complexity index is 891. The molecule has 0 spiro atoms. The molecule has 2 aromatic heterocycles. The number of ether oxygens (including phenoxy) is 1. The maximum absolute atomic E-state index is 12.8. The number of aromatic nitrogens is 2. The summed E-state index contributed by atoms with van der Waals surface area (Å²) in [6.07, 6.45) is 3.19. The van der Waals surface area contributed by atoms with E-state index in [1.54, 1.807) is 24.5 Å². The van der Waals surface area contributed by atoms with Gasteiger partial charge in [0.1, 0.15) is 17.9 Å². The third-order valence-electron chi connectivity index (χ3n) is 3.83. The first-order valence-corrected chi connectivity index (χ1v) is 7.43. The fraction of sp³-hybridized carbons (Fsp3) is 0.250. The predicted molar refractivity (Wildman–Crippen MR) is 84.2 cm³/mol. The van der Waals surface area contributed by atoms with Gasteiger partial charge in [0.15, 0.2) is 0 Å². The fourth-order valence-electron chi connectivity index (χ4n) is 2.67. The van der Waals surface area contributed by atoms with Crippen molar-refractivity contribution >= 4 is 11.9 Å². The molecule has 130 valence electrons. The van der Waals surface area contributed by atoms with Crippen LogP contribution in [0.25, 0.3) is 0 Å². The largest absolute Gasteiger partial charge is 0.506 e. The molecule has 3 rings (SSSR count). The molecule has 2 aromatic rings. The molecule has 1 aliphatic rings. The minimum absolute atomic E-state index is 0.0632. The Balaban J connectivity index is 2.07. The zero-order valence-corrected chi connectivity index (χ0v) is 13.1. The van der Waals surface area contributed by atoms with Crippen molar-refractivity contribution in [3.05, 3.63) is 57.3 Å². The highest BCUT2D eigenvalue weighted by atomic mass is 16.5. The second-order valence-corrected chi connectivity index (χ2v) is 5.47. The number of fused-ring (bicyclic) bond motifs is 1. The minimum atomic E-state index is -1.26. The molecule has 0 saturated carbocycles. The molecule has 0 aromatic carbocycles. The average Bonchev–Trinajstić information content (AvgIpc) is 3.08. The molecule has 0 radical (unpaired) electrons. The Morgan fingerprint density at radius 2 is 2.16 bits per heavy atom. The maximum atomic E-state index is 12.8. The standard InChI is InChI=1S/C16H15N3O6/c20-12(21)5-18-15(23)13-14(22)10-7-25-8-11(10)19(16(13)24)6-9-2-1-3-17-4-9/h1-4,22H,5-8H2,(H,18,23)(H,20,21). The summed E-state index contributed by atoms with van der Waals surface area (Å²) in [5, 5.41) is 21.1. The maximum Gasteiger partial charge on any atom is 0.322 e. The Kier molecular flexibility index (Phi) is 4.48. The number of nitrogens with one attached hydrogen (secondary N) is 1. The predicted octanol–water partition coefficient (Wildman–Crippen LogP) is -0.158. The summed E-state index contributed by atoms with van der Waals surface area (Å²) in [4.78, 5) is 39.6. The van der Waals surface area contributed by atoms with E-state index in [2.05, 4.69) is 10.3 Å². The van der Waals surface area contributed by atoms with Crippen LogP contribution in [0.3, 0.4) is 0 Å². The molecule has 3 N–H and O–H groups in total. The molecule has 0 fully saturated rings. The Morgan fingerprint density at radius 3 is 2.84 bits per heavy atom. The first-order valence-electron chi connectivity index (χ1n) is 7.43. The van der Waals surface area contributed by atoms with Crippen molar-refractivity contribution in [3.8, 4) is 5.75 Å². The number of hydrogen-bond acceptors (Lipinski definition) is 6. The number of amides is 1. The van der Waals surface area contributed by atoms with E-state index >= 15 is 0 Å². The van der Waals surface area contributed by atoms with Gasteiger partial charge in [-0.3, -0.25) is 19.4 Å². The van der Waals surface area contributed by atoms with E-state index in [-0.39, 0.29) is 19.8 Å². The van der Waals surface area contributed by atoms with Gasteiger partial charge in [-0.1, -0.05) is 6.07 Å². The summed E-state index contributed by atoms with van der Waals surface area (Å²) in [6, 6.07) is 3.50. The fourth-order valence-corrected chi connectivity index (χ4v) is 2.67. The number of carbonyl (C=O) groups excluding carboxylic acids is 1. The van der Waals surface area contributed by atoms with Gasteiger partial charge in [0.2, 0.25) is 0 Å². The lowest BCUT2D eigenvalue weighted by Gasteiger charge is -2.15. The van der Waals surface area contributed by atoms with Crippen LogP contribution in [0.4, 0.5) is 0 Å². The van der Waals surface area contributed by atoms with Crippen molar-refractivity contribution in [2.24, 2.45) is 0 Å². The second kappa shape index (κ2) is 6.73. The molecule has 0 atom stereocenters. The quantitative estimate of drug-likeness (QED) is 0.686. The third kappa shape index (κ3) is 3.22. The monoisotopic (exact) mass is 345 g/mol. The van der Waals surface area contributed by atoms with E-state index in [4.69, 9.17) is 9.84 Å². The van der Waals surface area contributed by atoms with E-state index in [0.29, 0.717) is 11.3 Å². The number of aromatic hydroxyl groups is 1. The lowest BCUT2D eigenvalue weighted by atomic mass is 10.1. The Morgan fingerprint density at radius 1 is 1.36 bits per heavy atom. The minimum Gasteiger partial charge on any atom is -0.506 e. The van der Waals surface area contributed by atoms with Crippen LogP contribution in [-0.2, 0) is 29.3 Å². The van der Waals surface area contributed by atoms with Crippen LogP contribution in [0.1, 0.15) is 27.2 Å². The van der Waals surface area contributed by atoms with Gasteiger partial charge in [-0.05, 0) is 11.6 Å². The number of carbonyl (C=O) groups is 2. The van der Waals surface area contributed by atoms with Gasteiger partial charge in [-0.15, -0.1) is 0 Å². The number of nitrogens with zero attached hydrogens (tertiary/aromatic N) is 2. The van der Waals surface area contributed by atoms with Crippen molar-refractivity contribution in [3.63, 3.8) is 0 Å². The smallest absolute Gasteiger partial charge is 0.322 e. The Hall–Kier alpha value is -3.20. The van der Waals surface area contributed by atoms with Crippen LogP contribution in [0.15, 0.2) is 29.3 Å². The second-order valence-electron chi connectivity index (χ2n) is 5.47. The van der Waals surface area contributed by atoms with Crippen LogP contribution in [-0.4, -0.2) is 38.2 Å². The van der Waals surface area contributed by atoms with Crippen LogP contribution < -0.4 is 10.9 Å². The van der Waals surface area contributed by atoms with E-state index in [0.717, 1.165) is 5.56 Å². The van der Waals surface area contributed by atoms with Crippen molar-refractivity contribution in [1.29, 1.82) is 0 Å². The highest BCUT2D eigenvalue weighted by molar-refractivity contribution is 5.98. The first-order chi connectivity index (χ1) is 12.0. The summed E-state index contributed by atoms with van der Waals surface area (Å²) in [6.45, 7) is -0.311. The summed E-state index contributed by atoms with van der Waals surface area (Å²) < 4.78 is 6.64. The number of rotatable bonds is 5. The summed E-state index contributed by atoms with van der Waals surface area (Å²) in [7, 11) is 0. The molecular formula is C16H15N3O6. The molecule has 0 saturated heterocycles. The normalized spacial score (nSPS) is 12.6. The molecule has 0 aliphatic carbocycles. The van der Waals surface area contributed by atoms with E-state index in [9.17, 15) is 19.5 Å². The van der Waals surface area contributed by atoms with Crippen LogP contribution in [0.2, 0.25) is 0 Å². The highest BCUT2D eigenvalue weighted by Crippen LogP contribution is 2.30. The number of pyridine rings is 2. The van der Waals surface area contributed by atoms with Gasteiger partial charge >= 0.3 is 5.97 Å². The molecule has 1 aliphatic heterocycles. The molecule has 9 nitrogen and oxygen atoms in total. The van der Waals surface area contributed by atoms with Crippen LogP contribution in [0, 0.1) is 0 Å². The van der Waals surface area contributed by atoms with Gasteiger partial charge in [0.05, 0.1) is 25.5 Å². The van der Waals surface area contributed by atoms with Gasteiger partial charge in [-0.2, -0.15) is 0 Å². The van der Waals surface area contributed by atoms with Crippen molar-refractivity contribution in [1.82, 2.24) is 14.9 Å². The zero-order valence-electron chi connectivity index (χ0n) is 13.1. The molecule has 0 bridgehead atoms. The summed E-state index contributed by atoms with van der Waals surface area (Å²) in [5.74, 6) is -2.67. The summed E-state index contributed by atoms with van der Waals surface area (Å²) in [5.41, 5.74) is 0.370. The van der Waals surface area contributed by atoms with Gasteiger partial charge < -0.3 is 24.8 Å². The van der Waals surface area contributed by atoms with Crippen molar-refractivity contribution in [2.45, 2.75) is 19.8 Å². The van der Waals surface area contributed by atoms with E-state index in [1.807, 2.05) is 0 Å². The van der Waals surface area contributed by atoms with Gasteiger partial charge in [0.25, 0.3) is 11.5 Å². The lowest BCUT2D eigenvalue weighted by Crippen LogP contribution is -2.37. The zero-order chi connectivity index (χ0) is 18.0. The van der Waals surface area contributed by atoms with Crippen LogP contribution in [0.5, 0.6) is 5.75 Å². The number of aliphatic carboxylic acids is 1. The highest BCUT2D eigenvalue weighted by Gasteiger charge is 2.29. The molecule has 25 heavy (non-hydrogen) atoms. The first kappa shape index (κ1) is 16.7. The van der Waals surface area contributed by atoms with Crippen molar-refractivity contribution < 1.29 is 24.5 Å². The van der Waals surface area contributed by atoms with E-state index in [1.165, 1.54) is 4.57 Å².